The fourth-order valence-electron chi connectivity index (χ4n) is 3.42. The van der Waals surface area contributed by atoms with Crippen LogP contribution in [0.3, 0.4) is 0 Å². The zero-order valence-corrected chi connectivity index (χ0v) is 16.8. The number of hydrogen-bond acceptors (Lipinski definition) is 5. The topological polar surface area (TPSA) is 64.9 Å². The van der Waals surface area contributed by atoms with Gasteiger partial charge in [0, 0.05) is 18.7 Å². The van der Waals surface area contributed by atoms with Gasteiger partial charge in [0.1, 0.15) is 12.4 Å². The molecule has 0 saturated heterocycles. The molecule has 1 aromatic heterocycles. The molecule has 0 aliphatic carbocycles. The third-order valence-corrected chi connectivity index (χ3v) is 5.03. The molecule has 29 heavy (non-hydrogen) atoms. The zero-order chi connectivity index (χ0) is 20.1. The number of rotatable bonds is 8. The van der Waals surface area contributed by atoms with Crippen molar-refractivity contribution in [1.29, 1.82) is 0 Å². The van der Waals surface area contributed by atoms with E-state index in [0.29, 0.717) is 19.1 Å². The first-order valence-electron chi connectivity index (χ1n) is 9.94. The zero-order valence-electron chi connectivity index (χ0n) is 16.8. The van der Waals surface area contributed by atoms with Crippen LogP contribution in [-0.2, 0) is 19.7 Å². The van der Waals surface area contributed by atoms with Gasteiger partial charge in [-0.3, -0.25) is 0 Å². The molecule has 6 heteroatoms. The largest absolute Gasteiger partial charge is 0.489 e. The highest BCUT2D eigenvalue weighted by atomic mass is 16.5. The predicted molar refractivity (Wildman–Crippen MR) is 115 cm³/mol. The van der Waals surface area contributed by atoms with Gasteiger partial charge in [0.25, 0.3) is 0 Å². The van der Waals surface area contributed by atoms with Crippen molar-refractivity contribution in [2.75, 3.05) is 5.32 Å². The van der Waals surface area contributed by atoms with E-state index in [0.717, 1.165) is 29.7 Å². The van der Waals surface area contributed by atoms with Gasteiger partial charge in [-0.05, 0) is 51.7 Å². The van der Waals surface area contributed by atoms with Crippen LogP contribution in [0, 0.1) is 6.92 Å². The summed E-state index contributed by atoms with van der Waals surface area (Å²) in [6.45, 7) is 6.10. The summed E-state index contributed by atoms with van der Waals surface area (Å²) in [5.74, 6) is 1.54. The molecule has 4 rings (SSSR count). The molecule has 0 unspecified atom stereocenters. The Kier molecular flexibility index (Phi) is 5.70. The van der Waals surface area contributed by atoms with Gasteiger partial charge in [-0.25, -0.2) is 4.68 Å². The number of aromatic nitrogens is 4. The van der Waals surface area contributed by atoms with Crippen LogP contribution >= 0.6 is 0 Å². The van der Waals surface area contributed by atoms with E-state index in [1.165, 1.54) is 16.5 Å². The highest BCUT2D eigenvalue weighted by molar-refractivity contribution is 5.88. The lowest BCUT2D eigenvalue weighted by atomic mass is 10.0. The SMILES string of the molecule is CCCn1nnnc1NCc1c(OCc2ccccc2C)ccc2ccccc12. The number of ether oxygens (including phenoxy) is 1. The summed E-state index contributed by atoms with van der Waals surface area (Å²) in [5.41, 5.74) is 3.51. The van der Waals surface area contributed by atoms with Gasteiger partial charge >= 0.3 is 0 Å². The molecule has 3 aromatic carbocycles. The number of fused-ring (bicyclic) bond motifs is 1. The first-order valence-corrected chi connectivity index (χ1v) is 9.94. The van der Waals surface area contributed by atoms with Crippen molar-refractivity contribution in [2.24, 2.45) is 0 Å². The summed E-state index contributed by atoms with van der Waals surface area (Å²) in [6.07, 6.45) is 0.971. The average molecular weight is 387 g/mol. The molecule has 0 atom stereocenters. The van der Waals surface area contributed by atoms with Crippen LogP contribution in [-0.4, -0.2) is 20.2 Å². The Balaban J connectivity index is 1.62. The van der Waals surface area contributed by atoms with E-state index in [1.54, 1.807) is 4.68 Å². The first-order chi connectivity index (χ1) is 14.3. The quantitative estimate of drug-likeness (QED) is 0.473. The molecule has 1 heterocycles. The monoisotopic (exact) mass is 387 g/mol. The minimum absolute atomic E-state index is 0.533. The number of nitrogens with zero attached hydrogens (tertiary/aromatic N) is 4. The fourth-order valence-corrected chi connectivity index (χ4v) is 3.42. The second-order valence-electron chi connectivity index (χ2n) is 7.06. The second kappa shape index (κ2) is 8.73. The van der Waals surface area contributed by atoms with Crippen LogP contribution < -0.4 is 10.1 Å². The molecule has 0 fully saturated rings. The molecule has 0 bridgehead atoms. The Morgan fingerprint density at radius 3 is 2.69 bits per heavy atom. The van der Waals surface area contributed by atoms with Gasteiger partial charge in [0.2, 0.25) is 5.95 Å². The van der Waals surface area contributed by atoms with E-state index in [2.05, 4.69) is 77.2 Å². The van der Waals surface area contributed by atoms with E-state index in [1.807, 2.05) is 18.2 Å². The molecular weight excluding hydrogens is 362 g/mol. The summed E-state index contributed by atoms with van der Waals surface area (Å²) in [6, 6.07) is 20.8. The van der Waals surface area contributed by atoms with Gasteiger partial charge in [0.15, 0.2) is 0 Å². The van der Waals surface area contributed by atoms with Crippen molar-refractivity contribution in [3.8, 4) is 5.75 Å². The lowest BCUT2D eigenvalue weighted by Gasteiger charge is -2.16. The van der Waals surface area contributed by atoms with Crippen molar-refractivity contribution in [3.05, 3.63) is 77.4 Å². The molecule has 6 nitrogen and oxygen atoms in total. The van der Waals surface area contributed by atoms with Gasteiger partial charge < -0.3 is 10.1 Å². The number of hydrogen-bond donors (Lipinski definition) is 1. The normalized spacial score (nSPS) is 11.0. The first kappa shape index (κ1) is 18.9. The Labute approximate surface area is 170 Å². The summed E-state index contributed by atoms with van der Waals surface area (Å²) in [4.78, 5) is 0. The summed E-state index contributed by atoms with van der Waals surface area (Å²) in [5, 5.41) is 17.7. The lowest BCUT2D eigenvalue weighted by Crippen LogP contribution is -2.10. The van der Waals surface area contributed by atoms with Crippen LogP contribution in [0.2, 0.25) is 0 Å². The van der Waals surface area contributed by atoms with E-state index < -0.39 is 0 Å². The predicted octanol–water partition coefficient (Wildman–Crippen LogP) is 4.74. The maximum absolute atomic E-state index is 6.26. The number of aryl methyl sites for hydroxylation is 2. The molecule has 0 radical (unpaired) electrons. The van der Waals surface area contributed by atoms with Gasteiger partial charge in [-0.1, -0.05) is 66.6 Å². The maximum Gasteiger partial charge on any atom is 0.243 e. The number of benzene rings is 3. The van der Waals surface area contributed by atoms with Crippen molar-refractivity contribution < 1.29 is 4.74 Å². The smallest absolute Gasteiger partial charge is 0.243 e. The Morgan fingerprint density at radius 1 is 1.00 bits per heavy atom. The third kappa shape index (κ3) is 4.21. The standard InChI is InChI=1S/C23H25N5O/c1-3-14-28-23(25-26-27-28)24-15-21-20-11-7-6-9-18(20)12-13-22(21)29-16-19-10-5-4-8-17(19)2/h4-13H,3,14-16H2,1-2H3,(H,24,25,27). The summed E-state index contributed by atoms with van der Waals surface area (Å²) < 4.78 is 8.05. The van der Waals surface area contributed by atoms with Crippen molar-refractivity contribution >= 4 is 16.7 Å². The minimum atomic E-state index is 0.533. The molecule has 1 N–H and O–H groups in total. The Hall–Kier alpha value is -3.41. The highest BCUT2D eigenvalue weighted by Gasteiger charge is 2.12. The van der Waals surface area contributed by atoms with E-state index in [9.17, 15) is 0 Å². The average Bonchev–Trinajstić information content (AvgIpc) is 3.19. The van der Waals surface area contributed by atoms with Crippen molar-refractivity contribution in [2.45, 2.75) is 40.0 Å². The van der Waals surface area contributed by atoms with Crippen molar-refractivity contribution in [3.63, 3.8) is 0 Å². The molecule has 0 aliphatic rings. The molecule has 0 amide bonds. The fraction of sp³-hybridized carbons (Fsp3) is 0.261. The van der Waals surface area contributed by atoms with Crippen LogP contribution in [0.1, 0.15) is 30.0 Å². The molecule has 0 aliphatic heterocycles. The molecule has 0 spiro atoms. The second-order valence-corrected chi connectivity index (χ2v) is 7.06. The number of tetrazole rings is 1. The van der Waals surface area contributed by atoms with Crippen LogP contribution in [0.5, 0.6) is 5.75 Å². The summed E-state index contributed by atoms with van der Waals surface area (Å²) in [7, 11) is 0. The van der Waals surface area contributed by atoms with Gasteiger partial charge in [0.05, 0.1) is 0 Å². The molecule has 4 aromatic rings. The third-order valence-electron chi connectivity index (χ3n) is 5.03. The number of nitrogens with one attached hydrogen (secondary N) is 1. The van der Waals surface area contributed by atoms with E-state index in [4.69, 9.17) is 4.74 Å². The Bertz CT molecular complexity index is 1110. The minimum Gasteiger partial charge on any atom is -0.489 e. The lowest BCUT2D eigenvalue weighted by molar-refractivity contribution is 0.303. The van der Waals surface area contributed by atoms with Gasteiger partial charge in [-0.2, -0.15) is 0 Å². The Morgan fingerprint density at radius 2 is 1.83 bits per heavy atom. The highest BCUT2D eigenvalue weighted by Crippen LogP contribution is 2.29. The van der Waals surface area contributed by atoms with Crippen molar-refractivity contribution in [1.82, 2.24) is 20.2 Å². The van der Waals surface area contributed by atoms with Gasteiger partial charge in [-0.15, -0.1) is 0 Å². The van der Waals surface area contributed by atoms with E-state index in [-0.39, 0.29) is 0 Å². The molecule has 0 saturated carbocycles. The van der Waals surface area contributed by atoms with Crippen LogP contribution in [0.4, 0.5) is 5.95 Å². The van der Waals surface area contributed by atoms with Crippen LogP contribution in [0.25, 0.3) is 10.8 Å². The number of anilines is 1. The molecule has 148 valence electrons. The van der Waals surface area contributed by atoms with E-state index >= 15 is 0 Å². The maximum atomic E-state index is 6.26. The molecular formula is C23H25N5O. The van der Waals surface area contributed by atoms with Crippen LogP contribution in [0.15, 0.2) is 60.7 Å². The summed E-state index contributed by atoms with van der Waals surface area (Å²) >= 11 is 0.